The zero-order valence-corrected chi connectivity index (χ0v) is 11.9. The van der Waals surface area contributed by atoms with Crippen LogP contribution in [0.5, 0.6) is 0 Å². The molecule has 0 spiro atoms. The van der Waals surface area contributed by atoms with Gasteiger partial charge < -0.3 is 10.6 Å². The van der Waals surface area contributed by atoms with Gasteiger partial charge in [0.2, 0.25) is 0 Å². The van der Waals surface area contributed by atoms with Crippen LogP contribution in [-0.2, 0) is 0 Å². The van der Waals surface area contributed by atoms with E-state index in [0.29, 0.717) is 27.1 Å². The van der Waals surface area contributed by atoms with Crippen LogP contribution >= 0.6 is 23.2 Å². The van der Waals surface area contributed by atoms with E-state index in [0.717, 1.165) is 0 Å². The lowest BCUT2D eigenvalue weighted by molar-refractivity contribution is 0.0821. The van der Waals surface area contributed by atoms with Crippen molar-refractivity contribution in [2.45, 2.75) is 0 Å². The Morgan fingerprint density at radius 1 is 1.32 bits per heavy atom. The van der Waals surface area contributed by atoms with E-state index in [1.165, 1.54) is 9.58 Å². The predicted molar refractivity (Wildman–Crippen MR) is 76.0 cm³/mol. The Kier molecular flexibility index (Phi) is 3.68. The molecule has 0 saturated heterocycles. The fraction of sp³-hybridized carbons (Fsp3) is 0.167. The minimum atomic E-state index is -0.193. The van der Waals surface area contributed by atoms with Crippen LogP contribution in [0.25, 0.3) is 5.69 Å². The van der Waals surface area contributed by atoms with Gasteiger partial charge in [-0.2, -0.15) is 5.10 Å². The molecule has 5 nitrogen and oxygen atoms in total. The predicted octanol–water partition coefficient (Wildman–Crippen LogP) is 2.46. The van der Waals surface area contributed by atoms with Crippen molar-refractivity contribution in [2.75, 3.05) is 19.8 Å². The van der Waals surface area contributed by atoms with E-state index in [2.05, 4.69) is 5.10 Å². The molecule has 7 heteroatoms. The van der Waals surface area contributed by atoms with Gasteiger partial charge in [-0.3, -0.25) is 4.79 Å². The standard InChI is InChI=1S/C12H12Cl2N4O/c1-17(2)12(19)10-3-4-18(16-10)11-8(13)5-7(15)6-9(11)14/h3-6H,15H2,1-2H3. The number of halogens is 2. The third-order valence-electron chi connectivity index (χ3n) is 2.48. The number of nitrogens with two attached hydrogens (primary N) is 1. The highest BCUT2D eigenvalue weighted by Crippen LogP contribution is 2.30. The Bertz CT molecular complexity index is 613. The third kappa shape index (κ3) is 2.67. The maximum atomic E-state index is 11.8. The molecule has 1 aromatic heterocycles. The average molecular weight is 299 g/mol. The summed E-state index contributed by atoms with van der Waals surface area (Å²) in [5.41, 5.74) is 6.92. The molecule has 1 amide bonds. The highest BCUT2D eigenvalue weighted by Gasteiger charge is 2.15. The normalized spacial score (nSPS) is 10.5. The summed E-state index contributed by atoms with van der Waals surface area (Å²) >= 11 is 12.2. The van der Waals surface area contributed by atoms with Crippen LogP contribution in [0.1, 0.15) is 10.5 Å². The van der Waals surface area contributed by atoms with E-state index in [1.54, 1.807) is 38.5 Å². The van der Waals surface area contributed by atoms with Gasteiger partial charge in [0.1, 0.15) is 5.69 Å². The summed E-state index contributed by atoms with van der Waals surface area (Å²) < 4.78 is 1.46. The topological polar surface area (TPSA) is 64.2 Å². The van der Waals surface area contributed by atoms with Crippen molar-refractivity contribution in [2.24, 2.45) is 0 Å². The highest BCUT2D eigenvalue weighted by molar-refractivity contribution is 6.38. The molecule has 0 bridgehead atoms. The Balaban J connectivity index is 2.47. The summed E-state index contributed by atoms with van der Waals surface area (Å²) in [5, 5.41) is 4.91. The van der Waals surface area contributed by atoms with E-state index in [-0.39, 0.29) is 5.91 Å². The van der Waals surface area contributed by atoms with Crippen LogP contribution < -0.4 is 5.73 Å². The average Bonchev–Trinajstić information content (AvgIpc) is 2.75. The first-order valence-electron chi connectivity index (χ1n) is 5.42. The zero-order valence-electron chi connectivity index (χ0n) is 10.4. The van der Waals surface area contributed by atoms with Gasteiger partial charge in [0.25, 0.3) is 5.91 Å². The third-order valence-corrected chi connectivity index (χ3v) is 3.06. The van der Waals surface area contributed by atoms with Crippen molar-refractivity contribution in [3.63, 3.8) is 0 Å². The van der Waals surface area contributed by atoms with E-state index in [4.69, 9.17) is 28.9 Å². The second kappa shape index (κ2) is 5.11. The minimum Gasteiger partial charge on any atom is -0.399 e. The molecule has 0 radical (unpaired) electrons. The summed E-state index contributed by atoms with van der Waals surface area (Å²) in [5.74, 6) is -0.193. The lowest BCUT2D eigenvalue weighted by atomic mass is 10.3. The van der Waals surface area contributed by atoms with Gasteiger partial charge in [0.05, 0.1) is 10.0 Å². The Morgan fingerprint density at radius 2 is 1.89 bits per heavy atom. The van der Waals surface area contributed by atoms with Crippen molar-refractivity contribution in [3.8, 4) is 5.69 Å². The second-order valence-electron chi connectivity index (χ2n) is 4.18. The Hall–Kier alpha value is -1.72. The smallest absolute Gasteiger partial charge is 0.273 e. The van der Waals surface area contributed by atoms with E-state index < -0.39 is 0 Å². The van der Waals surface area contributed by atoms with Crippen LogP contribution in [0.15, 0.2) is 24.4 Å². The maximum absolute atomic E-state index is 11.8. The number of benzene rings is 1. The number of rotatable bonds is 2. The molecule has 0 aliphatic carbocycles. The van der Waals surface area contributed by atoms with Crippen molar-refractivity contribution in [3.05, 3.63) is 40.1 Å². The molecule has 0 atom stereocenters. The first-order valence-corrected chi connectivity index (χ1v) is 6.18. The summed E-state index contributed by atoms with van der Waals surface area (Å²) in [6.07, 6.45) is 1.63. The zero-order chi connectivity index (χ0) is 14.2. The van der Waals surface area contributed by atoms with Crippen LogP contribution in [0.2, 0.25) is 10.0 Å². The number of aromatic nitrogens is 2. The molecule has 0 unspecified atom stereocenters. The fourth-order valence-corrected chi connectivity index (χ4v) is 2.27. The van der Waals surface area contributed by atoms with Gasteiger partial charge in [-0.1, -0.05) is 23.2 Å². The molecule has 19 heavy (non-hydrogen) atoms. The second-order valence-corrected chi connectivity index (χ2v) is 4.99. The summed E-state index contributed by atoms with van der Waals surface area (Å²) in [4.78, 5) is 13.2. The van der Waals surface area contributed by atoms with Gasteiger partial charge in [0, 0.05) is 26.0 Å². The molecule has 0 fully saturated rings. The van der Waals surface area contributed by atoms with Gasteiger partial charge >= 0.3 is 0 Å². The molecule has 2 aromatic rings. The first kappa shape index (κ1) is 13.7. The van der Waals surface area contributed by atoms with Crippen LogP contribution in [0, 0.1) is 0 Å². The first-order chi connectivity index (χ1) is 8.90. The fourth-order valence-electron chi connectivity index (χ4n) is 1.60. The van der Waals surface area contributed by atoms with E-state index in [1.807, 2.05) is 0 Å². The molecule has 1 heterocycles. The summed E-state index contributed by atoms with van der Waals surface area (Å²) in [6.45, 7) is 0. The lowest BCUT2D eigenvalue weighted by Crippen LogP contribution is -2.22. The largest absolute Gasteiger partial charge is 0.399 e. The van der Waals surface area contributed by atoms with E-state index >= 15 is 0 Å². The number of nitrogens with zero attached hydrogens (tertiary/aromatic N) is 3. The van der Waals surface area contributed by atoms with Gasteiger partial charge in [-0.05, 0) is 18.2 Å². The molecule has 1 aromatic carbocycles. The Labute approximate surface area is 120 Å². The number of hydrogen-bond acceptors (Lipinski definition) is 3. The Morgan fingerprint density at radius 3 is 2.42 bits per heavy atom. The molecule has 2 rings (SSSR count). The minimum absolute atomic E-state index is 0.193. The quantitative estimate of drug-likeness (QED) is 0.866. The number of hydrogen-bond donors (Lipinski definition) is 1. The molecular weight excluding hydrogens is 287 g/mol. The van der Waals surface area contributed by atoms with Crippen molar-refractivity contribution in [1.82, 2.24) is 14.7 Å². The number of carbonyl (C=O) groups excluding carboxylic acids is 1. The summed E-state index contributed by atoms with van der Waals surface area (Å²) in [7, 11) is 3.31. The van der Waals surface area contributed by atoms with Crippen molar-refractivity contribution in [1.29, 1.82) is 0 Å². The van der Waals surface area contributed by atoms with Crippen molar-refractivity contribution >= 4 is 34.8 Å². The van der Waals surface area contributed by atoms with Crippen LogP contribution in [-0.4, -0.2) is 34.7 Å². The molecule has 0 aliphatic rings. The molecule has 0 saturated carbocycles. The number of carbonyl (C=O) groups is 1. The molecular formula is C12H12Cl2N4O. The summed E-state index contributed by atoms with van der Waals surface area (Å²) in [6, 6.07) is 4.77. The lowest BCUT2D eigenvalue weighted by Gasteiger charge is -2.09. The molecule has 100 valence electrons. The number of amides is 1. The maximum Gasteiger partial charge on any atom is 0.273 e. The van der Waals surface area contributed by atoms with Crippen molar-refractivity contribution < 1.29 is 4.79 Å². The number of nitrogen functional groups attached to an aromatic ring is 1. The van der Waals surface area contributed by atoms with Crippen LogP contribution in [0.4, 0.5) is 5.69 Å². The van der Waals surface area contributed by atoms with E-state index in [9.17, 15) is 4.79 Å². The van der Waals surface area contributed by atoms with Gasteiger partial charge in [-0.15, -0.1) is 0 Å². The monoisotopic (exact) mass is 298 g/mol. The molecule has 0 aliphatic heterocycles. The van der Waals surface area contributed by atoms with Gasteiger partial charge in [0.15, 0.2) is 5.69 Å². The SMILES string of the molecule is CN(C)C(=O)c1ccn(-c2c(Cl)cc(N)cc2Cl)n1. The van der Waals surface area contributed by atoms with Gasteiger partial charge in [-0.25, -0.2) is 4.68 Å². The highest BCUT2D eigenvalue weighted by atomic mass is 35.5. The van der Waals surface area contributed by atoms with Crippen LogP contribution in [0.3, 0.4) is 0 Å². The molecule has 2 N–H and O–H groups in total. The number of anilines is 1.